The number of rotatable bonds is 7. The second kappa shape index (κ2) is 9.70. The van der Waals surface area contributed by atoms with E-state index in [0.29, 0.717) is 0 Å². The fraction of sp³-hybridized carbons (Fsp3) is 0.435. The Kier molecular flexibility index (Phi) is 7.05. The van der Waals surface area contributed by atoms with Crippen molar-refractivity contribution in [3.63, 3.8) is 0 Å². The predicted molar refractivity (Wildman–Crippen MR) is 115 cm³/mol. The van der Waals surface area contributed by atoms with Gasteiger partial charge in [-0.3, -0.25) is 4.90 Å². The van der Waals surface area contributed by atoms with E-state index in [2.05, 4.69) is 71.3 Å². The molecule has 5 nitrogen and oxygen atoms in total. The summed E-state index contributed by atoms with van der Waals surface area (Å²) in [5.41, 5.74) is 10.6. The van der Waals surface area contributed by atoms with E-state index in [-0.39, 0.29) is 6.04 Å². The van der Waals surface area contributed by atoms with Crippen LogP contribution in [0.15, 0.2) is 48.5 Å². The molecule has 0 aliphatic carbocycles. The molecule has 1 atom stereocenters. The summed E-state index contributed by atoms with van der Waals surface area (Å²) < 4.78 is 0. The molecular formula is C23H31N5. The summed E-state index contributed by atoms with van der Waals surface area (Å²) in [6.45, 7) is 5.77. The molecule has 1 heterocycles. The van der Waals surface area contributed by atoms with Crippen molar-refractivity contribution in [1.82, 2.24) is 9.80 Å². The van der Waals surface area contributed by atoms with Crippen LogP contribution in [0.4, 0.5) is 5.69 Å². The normalized spacial score (nSPS) is 16.2. The number of piperazine rings is 1. The molecule has 0 amide bonds. The minimum atomic E-state index is 0.00354. The topological polar surface area (TPSA) is 59.5 Å². The van der Waals surface area contributed by atoms with Gasteiger partial charge in [0.25, 0.3) is 0 Å². The molecule has 1 aliphatic heterocycles. The molecular weight excluding hydrogens is 346 g/mol. The van der Waals surface area contributed by atoms with Crippen molar-refractivity contribution in [1.29, 1.82) is 5.26 Å². The molecule has 0 aromatic heterocycles. The molecule has 28 heavy (non-hydrogen) atoms. The van der Waals surface area contributed by atoms with Crippen LogP contribution in [-0.4, -0.2) is 56.6 Å². The second-order valence-electron chi connectivity index (χ2n) is 7.83. The first-order valence-electron chi connectivity index (χ1n) is 10.0. The van der Waals surface area contributed by atoms with Crippen LogP contribution in [0, 0.1) is 11.3 Å². The van der Waals surface area contributed by atoms with Gasteiger partial charge in [-0.15, -0.1) is 0 Å². The number of hydrogen-bond acceptors (Lipinski definition) is 5. The number of para-hydroxylation sites is 1. The van der Waals surface area contributed by atoms with E-state index in [1.54, 1.807) is 0 Å². The Balaban J connectivity index is 1.63. The molecule has 1 aliphatic rings. The lowest BCUT2D eigenvalue weighted by atomic mass is 9.98. The van der Waals surface area contributed by atoms with Gasteiger partial charge in [0.15, 0.2) is 0 Å². The maximum absolute atomic E-state index is 9.53. The van der Waals surface area contributed by atoms with Crippen LogP contribution < -0.4 is 10.6 Å². The lowest BCUT2D eigenvalue weighted by Crippen LogP contribution is -2.46. The van der Waals surface area contributed by atoms with E-state index < -0.39 is 0 Å². The maximum Gasteiger partial charge on any atom is 0.0995 e. The van der Waals surface area contributed by atoms with Crippen molar-refractivity contribution in [2.75, 3.05) is 51.7 Å². The van der Waals surface area contributed by atoms with Gasteiger partial charge in [-0.25, -0.2) is 0 Å². The first-order chi connectivity index (χ1) is 13.6. The molecule has 1 unspecified atom stereocenters. The smallest absolute Gasteiger partial charge is 0.0995 e. The quantitative estimate of drug-likeness (QED) is 0.804. The van der Waals surface area contributed by atoms with Crippen LogP contribution >= 0.6 is 0 Å². The maximum atomic E-state index is 9.53. The van der Waals surface area contributed by atoms with Crippen LogP contribution in [0.5, 0.6) is 0 Å². The van der Waals surface area contributed by atoms with Gasteiger partial charge in [0.2, 0.25) is 0 Å². The van der Waals surface area contributed by atoms with Gasteiger partial charge in [0.1, 0.15) is 0 Å². The Morgan fingerprint density at radius 2 is 1.79 bits per heavy atom. The van der Waals surface area contributed by atoms with E-state index in [0.717, 1.165) is 62.4 Å². The minimum absolute atomic E-state index is 0.00354. The largest absolute Gasteiger partial charge is 0.369 e. The minimum Gasteiger partial charge on any atom is -0.369 e. The third kappa shape index (κ3) is 5.32. The molecule has 0 spiro atoms. The summed E-state index contributed by atoms with van der Waals surface area (Å²) >= 11 is 0. The SMILES string of the molecule is CN(C)CCC(N)c1ccc(C#N)c(CN2CCN(c3ccccc3)CC2)c1. The Morgan fingerprint density at radius 3 is 2.43 bits per heavy atom. The summed E-state index contributed by atoms with van der Waals surface area (Å²) in [7, 11) is 4.12. The van der Waals surface area contributed by atoms with Crippen molar-refractivity contribution in [3.05, 3.63) is 65.2 Å². The van der Waals surface area contributed by atoms with Crippen LogP contribution in [0.2, 0.25) is 0 Å². The van der Waals surface area contributed by atoms with E-state index in [1.165, 1.54) is 5.69 Å². The molecule has 3 rings (SSSR count). The number of nitrogens with zero attached hydrogens (tertiary/aromatic N) is 4. The van der Waals surface area contributed by atoms with Crippen LogP contribution in [0.3, 0.4) is 0 Å². The van der Waals surface area contributed by atoms with Gasteiger partial charge < -0.3 is 15.5 Å². The van der Waals surface area contributed by atoms with Crippen molar-refractivity contribution >= 4 is 5.69 Å². The second-order valence-corrected chi connectivity index (χ2v) is 7.83. The van der Waals surface area contributed by atoms with Gasteiger partial charge in [-0.1, -0.05) is 30.3 Å². The first kappa shape index (κ1) is 20.3. The molecule has 2 N–H and O–H groups in total. The first-order valence-corrected chi connectivity index (χ1v) is 10.0. The molecule has 1 fully saturated rings. The number of benzene rings is 2. The van der Waals surface area contributed by atoms with Crippen molar-refractivity contribution in [2.45, 2.75) is 19.0 Å². The zero-order valence-electron chi connectivity index (χ0n) is 17.0. The summed E-state index contributed by atoms with van der Waals surface area (Å²) in [6.07, 6.45) is 0.911. The monoisotopic (exact) mass is 377 g/mol. The van der Waals surface area contributed by atoms with E-state index >= 15 is 0 Å². The summed E-state index contributed by atoms with van der Waals surface area (Å²) in [5.74, 6) is 0. The van der Waals surface area contributed by atoms with Crippen LogP contribution in [0.1, 0.15) is 29.2 Å². The highest BCUT2D eigenvalue weighted by atomic mass is 15.3. The lowest BCUT2D eigenvalue weighted by Gasteiger charge is -2.36. The lowest BCUT2D eigenvalue weighted by molar-refractivity contribution is 0.249. The van der Waals surface area contributed by atoms with E-state index in [1.807, 2.05) is 12.1 Å². The Labute approximate surface area is 169 Å². The summed E-state index contributed by atoms with van der Waals surface area (Å²) in [6, 6.07) is 19.0. The third-order valence-electron chi connectivity index (χ3n) is 5.45. The molecule has 2 aromatic carbocycles. The molecule has 148 valence electrons. The summed E-state index contributed by atoms with van der Waals surface area (Å²) in [4.78, 5) is 7.01. The number of nitriles is 1. The zero-order valence-corrected chi connectivity index (χ0v) is 17.0. The van der Waals surface area contributed by atoms with Gasteiger partial charge in [0.05, 0.1) is 11.6 Å². The molecule has 2 aromatic rings. The van der Waals surface area contributed by atoms with Crippen molar-refractivity contribution in [2.24, 2.45) is 5.73 Å². The van der Waals surface area contributed by atoms with Gasteiger partial charge in [-0.2, -0.15) is 5.26 Å². The van der Waals surface area contributed by atoms with Gasteiger partial charge in [0, 0.05) is 44.5 Å². The van der Waals surface area contributed by atoms with Crippen molar-refractivity contribution < 1.29 is 0 Å². The zero-order chi connectivity index (χ0) is 19.9. The molecule has 1 saturated heterocycles. The van der Waals surface area contributed by atoms with Crippen molar-refractivity contribution in [3.8, 4) is 6.07 Å². The fourth-order valence-corrected chi connectivity index (χ4v) is 3.69. The van der Waals surface area contributed by atoms with E-state index in [9.17, 15) is 5.26 Å². The average molecular weight is 378 g/mol. The number of nitrogens with two attached hydrogens (primary N) is 1. The average Bonchev–Trinajstić information content (AvgIpc) is 2.73. The Bertz CT molecular complexity index is 788. The Morgan fingerprint density at radius 1 is 1.07 bits per heavy atom. The molecule has 0 radical (unpaired) electrons. The third-order valence-corrected chi connectivity index (χ3v) is 5.45. The van der Waals surface area contributed by atoms with Crippen LogP contribution in [-0.2, 0) is 6.54 Å². The molecule has 5 heteroatoms. The highest BCUT2D eigenvalue weighted by molar-refractivity contribution is 5.46. The molecule has 0 bridgehead atoms. The standard InChI is InChI=1S/C23H31N5/c1-26(2)11-10-23(25)19-8-9-20(17-24)21(16-19)18-27-12-14-28(15-13-27)22-6-4-3-5-7-22/h3-9,16,23H,10-15,18,25H2,1-2H3. The number of hydrogen-bond donors (Lipinski definition) is 1. The van der Waals surface area contributed by atoms with E-state index in [4.69, 9.17) is 5.73 Å². The van der Waals surface area contributed by atoms with Gasteiger partial charge >= 0.3 is 0 Å². The highest BCUT2D eigenvalue weighted by Crippen LogP contribution is 2.22. The summed E-state index contributed by atoms with van der Waals surface area (Å²) in [5, 5.41) is 9.53. The molecule has 0 saturated carbocycles. The number of anilines is 1. The fourth-order valence-electron chi connectivity index (χ4n) is 3.69. The van der Waals surface area contributed by atoms with Crippen LogP contribution in [0.25, 0.3) is 0 Å². The highest BCUT2D eigenvalue weighted by Gasteiger charge is 2.19. The Hall–Kier alpha value is -2.39. The van der Waals surface area contributed by atoms with Gasteiger partial charge in [-0.05, 0) is 56.4 Å². The predicted octanol–water partition coefficient (Wildman–Crippen LogP) is 2.83.